The third kappa shape index (κ3) is 2.78. The van der Waals surface area contributed by atoms with Crippen LogP contribution in [0.15, 0.2) is 18.2 Å². The molecule has 1 atom stereocenters. The number of carboxylic acid groups (broad SMARTS) is 1. The largest absolute Gasteiger partial charge is 0.480 e. The van der Waals surface area contributed by atoms with Crippen LogP contribution in [-0.4, -0.2) is 28.1 Å². The van der Waals surface area contributed by atoms with Gasteiger partial charge in [-0.2, -0.15) is 0 Å². The number of benzene rings is 1. The number of aliphatic carboxylic acids is 1. The molecule has 1 N–H and O–H groups in total. The minimum Gasteiger partial charge on any atom is -0.480 e. The molecule has 1 unspecified atom stereocenters. The van der Waals surface area contributed by atoms with E-state index in [4.69, 9.17) is 5.11 Å². The van der Waals surface area contributed by atoms with Gasteiger partial charge in [0, 0.05) is 11.6 Å². The summed E-state index contributed by atoms with van der Waals surface area (Å²) >= 11 is 0. The Balaban J connectivity index is 2.36. The van der Waals surface area contributed by atoms with Gasteiger partial charge in [-0.15, -0.1) is 0 Å². The number of fused-ring (bicyclic) bond motifs is 1. The first-order valence-electron chi connectivity index (χ1n) is 6.56. The quantitative estimate of drug-likeness (QED) is 0.913. The molecule has 0 saturated carbocycles. The monoisotopic (exact) mass is 265 g/mol. The van der Waals surface area contributed by atoms with Crippen molar-refractivity contribution in [3.8, 4) is 0 Å². The van der Waals surface area contributed by atoms with Crippen molar-refractivity contribution in [2.45, 2.75) is 45.2 Å². The summed E-state index contributed by atoms with van der Waals surface area (Å²) in [6, 6.07) is 5.08. The highest BCUT2D eigenvalue weighted by molar-refractivity contribution is 5.69. The maximum absolute atomic E-state index is 13.8. The fourth-order valence-corrected chi connectivity index (χ4v) is 2.87. The molecule has 0 radical (unpaired) electrons. The average molecular weight is 265 g/mol. The van der Waals surface area contributed by atoms with Crippen LogP contribution in [0.2, 0.25) is 0 Å². The average Bonchev–Trinajstić information content (AvgIpc) is 2.69. The van der Waals surface area contributed by atoms with Crippen molar-refractivity contribution in [1.29, 1.82) is 0 Å². The van der Waals surface area contributed by atoms with Gasteiger partial charge in [-0.3, -0.25) is 9.69 Å². The molecular weight excluding hydrogens is 245 g/mol. The number of nitrogens with zero attached hydrogens (tertiary/aromatic N) is 1. The molecule has 19 heavy (non-hydrogen) atoms. The molecule has 0 bridgehead atoms. The van der Waals surface area contributed by atoms with Gasteiger partial charge in [0.25, 0.3) is 0 Å². The topological polar surface area (TPSA) is 40.5 Å². The Morgan fingerprint density at radius 3 is 2.74 bits per heavy atom. The first kappa shape index (κ1) is 14.0. The zero-order valence-corrected chi connectivity index (χ0v) is 11.6. The smallest absolute Gasteiger partial charge is 0.317 e. The van der Waals surface area contributed by atoms with E-state index in [2.05, 4.69) is 0 Å². The van der Waals surface area contributed by atoms with Gasteiger partial charge in [0.05, 0.1) is 6.54 Å². The number of halogens is 1. The summed E-state index contributed by atoms with van der Waals surface area (Å²) in [5, 5.41) is 9.09. The number of rotatable bonds is 3. The molecular formula is C15H20FNO2. The summed E-state index contributed by atoms with van der Waals surface area (Å²) in [4.78, 5) is 13.0. The van der Waals surface area contributed by atoms with Crippen molar-refractivity contribution in [1.82, 2.24) is 4.90 Å². The van der Waals surface area contributed by atoms with Crippen molar-refractivity contribution in [2.24, 2.45) is 0 Å². The second-order valence-electron chi connectivity index (χ2n) is 6.05. The second kappa shape index (κ2) is 4.93. The molecule has 1 aliphatic carbocycles. The van der Waals surface area contributed by atoms with Gasteiger partial charge in [-0.25, -0.2) is 4.39 Å². The zero-order chi connectivity index (χ0) is 14.2. The van der Waals surface area contributed by atoms with Gasteiger partial charge in [0.1, 0.15) is 5.82 Å². The number of carbonyl (C=O) groups is 1. The minimum atomic E-state index is -0.847. The first-order valence-corrected chi connectivity index (χ1v) is 6.56. The summed E-state index contributed by atoms with van der Waals surface area (Å²) < 4.78 is 13.8. The van der Waals surface area contributed by atoms with Crippen LogP contribution in [-0.2, 0) is 11.2 Å². The summed E-state index contributed by atoms with van der Waals surface area (Å²) in [6.45, 7) is 5.96. The Kier molecular flexibility index (Phi) is 3.63. The van der Waals surface area contributed by atoms with Crippen molar-refractivity contribution in [3.63, 3.8) is 0 Å². The Hall–Kier alpha value is -1.42. The van der Waals surface area contributed by atoms with Gasteiger partial charge in [-0.1, -0.05) is 12.1 Å². The molecule has 1 aliphatic rings. The first-order chi connectivity index (χ1) is 8.80. The highest BCUT2D eigenvalue weighted by atomic mass is 19.1. The van der Waals surface area contributed by atoms with E-state index < -0.39 is 5.97 Å². The van der Waals surface area contributed by atoms with Crippen LogP contribution in [0.25, 0.3) is 0 Å². The van der Waals surface area contributed by atoms with E-state index in [1.54, 1.807) is 6.07 Å². The molecule has 2 rings (SSSR count). The second-order valence-corrected chi connectivity index (χ2v) is 6.05. The molecule has 0 spiro atoms. The molecule has 0 fully saturated rings. The van der Waals surface area contributed by atoms with Crippen LogP contribution in [0.1, 0.15) is 44.4 Å². The highest BCUT2D eigenvalue weighted by Crippen LogP contribution is 2.39. The van der Waals surface area contributed by atoms with Gasteiger partial charge >= 0.3 is 5.97 Å². The van der Waals surface area contributed by atoms with Crippen molar-refractivity contribution < 1.29 is 14.3 Å². The fourth-order valence-electron chi connectivity index (χ4n) is 2.87. The zero-order valence-electron chi connectivity index (χ0n) is 11.6. The van der Waals surface area contributed by atoms with E-state index in [1.165, 1.54) is 6.07 Å². The SMILES string of the molecule is CC(C)(C)N(CC(=O)O)C1CCc2c(F)cccc21. The lowest BCUT2D eigenvalue weighted by Gasteiger charge is -2.39. The van der Waals surface area contributed by atoms with E-state index in [9.17, 15) is 9.18 Å². The molecule has 4 heteroatoms. The normalized spacial score (nSPS) is 18.7. The predicted octanol–water partition coefficient (Wildman–Crippen LogP) is 3.00. The third-order valence-electron chi connectivity index (χ3n) is 3.73. The standard InChI is InChI=1S/C15H20FNO2/c1-15(2,3)17(9-14(18)19)13-8-7-10-11(13)5-4-6-12(10)16/h4-6,13H,7-9H2,1-3H3,(H,18,19). The van der Waals surface area contributed by atoms with E-state index in [1.807, 2.05) is 31.7 Å². The fraction of sp³-hybridized carbons (Fsp3) is 0.533. The molecule has 0 saturated heterocycles. The Labute approximate surface area is 113 Å². The van der Waals surface area contributed by atoms with Crippen LogP contribution in [0, 0.1) is 5.82 Å². The lowest BCUT2D eigenvalue weighted by molar-refractivity contribution is -0.140. The number of carboxylic acids is 1. The molecule has 3 nitrogen and oxygen atoms in total. The van der Waals surface area contributed by atoms with Crippen LogP contribution < -0.4 is 0 Å². The Bertz CT molecular complexity index is 493. The number of hydrogen-bond donors (Lipinski definition) is 1. The predicted molar refractivity (Wildman–Crippen MR) is 71.6 cm³/mol. The van der Waals surface area contributed by atoms with Crippen LogP contribution in [0.4, 0.5) is 4.39 Å². The number of hydrogen-bond acceptors (Lipinski definition) is 2. The maximum atomic E-state index is 13.8. The molecule has 0 aromatic heterocycles. The summed E-state index contributed by atoms with van der Waals surface area (Å²) in [5.41, 5.74) is 1.42. The van der Waals surface area contributed by atoms with Crippen molar-refractivity contribution >= 4 is 5.97 Å². The van der Waals surface area contributed by atoms with E-state index in [-0.39, 0.29) is 23.9 Å². The summed E-state index contributed by atoms with van der Waals surface area (Å²) in [7, 11) is 0. The maximum Gasteiger partial charge on any atom is 0.317 e. The molecule has 104 valence electrons. The van der Waals surface area contributed by atoms with E-state index in [0.717, 1.165) is 17.5 Å². The van der Waals surface area contributed by atoms with Crippen molar-refractivity contribution in [3.05, 3.63) is 35.1 Å². The summed E-state index contributed by atoms with van der Waals surface area (Å²) in [6.07, 6.45) is 1.46. The minimum absolute atomic E-state index is 0.0122. The summed E-state index contributed by atoms with van der Waals surface area (Å²) in [5.74, 6) is -1.02. The molecule has 1 aromatic carbocycles. The van der Waals surface area contributed by atoms with E-state index >= 15 is 0 Å². The van der Waals surface area contributed by atoms with Gasteiger partial charge in [0.2, 0.25) is 0 Å². The van der Waals surface area contributed by atoms with Crippen molar-refractivity contribution in [2.75, 3.05) is 6.54 Å². The van der Waals surface area contributed by atoms with Crippen LogP contribution in [0.5, 0.6) is 0 Å². The molecule has 0 amide bonds. The Morgan fingerprint density at radius 2 is 2.16 bits per heavy atom. The Morgan fingerprint density at radius 1 is 1.47 bits per heavy atom. The van der Waals surface area contributed by atoms with Gasteiger partial charge < -0.3 is 5.11 Å². The van der Waals surface area contributed by atoms with Gasteiger partial charge in [-0.05, 0) is 50.8 Å². The van der Waals surface area contributed by atoms with E-state index in [0.29, 0.717) is 6.42 Å². The highest BCUT2D eigenvalue weighted by Gasteiger charge is 2.36. The lowest BCUT2D eigenvalue weighted by atomic mass is 9.99. The molecule has 1 aromatic rings. The lowest BCUT2D eigenvalue weighted by Crippen LogP contribution is -2.46. The van der Waals surface area contributed by atoms with Crippen LogP contribution >= 0.6 is 0 Å². The molecule has 0 heterocycles. The molecule has 0 aliphatic heterocycles. The van der Waals surface area contributed by atoms with Crippen LogP contribution in [0.3, 0.4) is 0 Å². The van der Waals surface area contributed by atoms with Gasteiger partial charge in [0.15, 0.2) is 0 Å². The third-order valence-corrected chi connectivity index (χ3v) is 3.73.